The van der Waals surface area contributed by atoms with Crippen LogP contribution in [-0.2, 0) is 17.6 Å². The molecule has 0 bridgehead atoms. The van der Waals surface area contributed by atoms with E-state index in [1.54, 1.807) is 12.1 Å². The van der Waals surface area contributed by atoms with Crippen LogP contribution in [0.3, 0.4) is 0 Å². The predicted molar refractivity (Wildman–Crippen MR) is 144 cm³/mol. The summed E-state index contributed by atoms with van der Waals surface area (Å²) in [6.07, 6.45) is 3.06. The average Bonchev–Trinajstić information content (AvgIpc) is 3.66. The Morgan fingerprint density at radius 3 is 2.68 bits per heavy atom. The second-order valence-corrected chi connectivity index (χ2v) is 10.8. The van der Waals surface area contributed by atoms with Crippen LogP contribution in [0.15, 0.2) is 68.1 Å². The molecule has 2 aliphatic rings. The molecule has 0 saturated carbocycles. The molecule has 0 saturated heterocycles. The maximum Gasteiger partial charge on any atom is 0.255 e. The number of carbonyl (C=O) groups excluding carboxylic acids is 1. The van der Waals surface area contributed by atoms with Gasteiger partial charge in [0.25, 0.3) is 11.5 Å². The minimum Gasteiger partial charge on any atom is -0.497 e. The van der Waals surface area contributed by atoms with Gasteiger partial charge in [0.15, 0.2) is 5.16 Å². The van der Waals surface area contributed by atoms with E-state index in [1.165, 1.54) is 11.8 Å². The highest BCUT2D eigenvalue weighted by molar-refractivity contribution is 9.10. The van der Waals surface area contributed by atoms with Crippen LogP contribution >= 0.6 is 27.7 Å². The van der Waals surface area contributed by atoms with Gasteiger partial charge < -0.3 is 4.74 Å². The summed E-state index contributed by atoms with van der Waals surface area (Å²) < 4.78 is 8.17. The summed E-state index contributed by atoms with van der Waals surface area (Å²) in [5.41, 5.74) is 4.44. The third-order valence-electron chi connectivity index (χ3n) is 6.76. The van der Waals surface area contributed by atoms with Crippen LogP contribution in [0.25, 0.3) is 5.78 Å². The van der Waals surface area contributed by atoms with Crippen molar-refractivity contribution >= 4 is 45.1 Å². The van der Waals surface area contributed by atoms with Gasteiger partial charge in [0.05, 0.1) is 24.6 Å². The van der Waals surface area contributed by atoms with Crippen molar-refractivity contribution in [2.45, 2.75) is 36.9 Å². The molecule has 1 aliphatic heterocycles. The number of nitrogens with one attached hydrogen (secondary N) is 1. The Labute approximate surface area is 225 Å². The number of ether oxygens (including phenoxy) is 1. The summed E-state index contributed by atoms with van der Waals surface area (Å²) in [5.74, 6) is 1.18. The zero-order chi connectivity index (χ0) is 25.5. The molecular weight excluding hydrogens is 556 g/mol. The molecule has 1 N–H and O–H groups in total. The SMILES string of the molecule is COc1ccc(C2CC(c3ccc(Br)cc3)=NN2C(=O)CSc2nnc3[nH]c(=O)c4c(n23)CCC4)cc1. The Morgan fingerprint density at radius 1 is 1.14 bits per heavy atom. The number of aryl methyl sites for hydroxylation is 1. The van der Waals surface area contributed by atoms with E-state index in [-0.39, 0.29) is 23.3 Å². The average molecular weight is 579 g/mol. The second kappa shape index (κ2) is 9.79. The highest BCUT2D eigenvalue weighted by atomic mass is 79.9. The van der Waals surface area contributed by atoms with Crippen LogP contribution in [0.1, 0.15) is 41.3 Å². The Kier molecular flexibility index (Phi) is 6.33. The van der Waals surface area contributed by atoms with Crippen LogP contribution in [0.2, 0.25) is 0 Å². The summed E-state index contributed by atoms with van der Waals surface area (Å²) in [5, 5.41) is 15.3. The summed E-state index contributed by atoms with van der Waals surface area (Å²) in [4.78, 5) is 28.7. The van der Waals surface area contributed by atoms with E-state index in [2.05, 4.69) is 31.1 Å². The number of hydrazone groups is 1. The lowest BCUT2D eigenvalue weighted by atomic mass is 9.98. The zero-order valence-corrected chi connectivity index (χ0v) is 22.4. The van der Waals surface area contributed by atoms with Crippen LogP contribution in [0.4, 0.5) is 0 Å². The fourth-order valence-electron chi connectivity index (χ4n) is 4.92. The zero-order valence-electron chi connectivity index (χ0n) is 20.0. The van der Waals surface area contributed by atoms with Crippen molar-refractivity contribution in [1.82, 2.24) is 24.6 Å². The molecule has 188 valence electrons. The van der Waals surface area contributed by atoms with Gasteiger partial charge in [-0.1, -0.05) is 52.0 Å². The Morgan fingerprint density at radius 2 is 1.92 bits per heavy atom. The van der Waals surface area contributed by atoms with E-state index in [4.69, 9.17) is 9.84 Å². The van der Waals surface area contributed by atoms with Gasteiger partial charge in [-0.05, 0) is 54.7 Å². The summed E-state index contributed by atoms with van der Waals surface area (Å²) in [6, 6.07) is 15.5. The lowest BCUT2D eigenvalue weighted by molar-refractivity contribution is -0.130. The van der Waals surface area contributed by atoms with E-state index < -0.39 is 0 Å². The fourth-order valence-corrected chi connectivity index (χ4v) is 5.99. The number of fused-ring (bicyclic) bond motifs is 3. The molecule has 1 unspecified atom stereocenters. The summed E-state index contributed by atoms with van der Waals surface area (Å²) in [7, 11) is 1.63. The van der Waals surface area contributed by atoms with Crippen molar-refractivity contribution < 1.29 is 9.53 Å². The van der Waals surface area contributed by atoms with Crippen molar-refractivity contribution in [2.75, 3.05) is 12.9 Å². The number of benzene rings is 2. The molecule has 1 aliphatic carbocycles. The van der Waals surface area contributed by atoms with Crippen molar-refractivity contribution in [3.05, 3.63) is 85.7 Å². The first kappa shape index (κ1) is 23.9. The van der Waals surface area contributed by atoms with Gasteiger partial charge >= 0.3 is 0 Å². The summed E-state index contributed by atoms with van der Waals surface area (Å²) in [6.45, 7) is 0. The number of thioether (sulfide) groups is 1. The third-order valence-corrected chi connectivity index (χ3v) is 8.20. The van der Waals surface area contributed by atoms with Crippen LogP contribution in [0, 0.1) is 0 Å². The minimum absolute atomic E-state index is 0.103. The number of methoxy groups -OCH3 is 1. The standard InChI is InChI=1S/C26H23BrN6O3S/c1-36-18-11-7-16(8-12-18)22-13-20(15-5-9-17(27)10-6-15)31-33(22)23(34)14-37-26-30-29-25-28-24(35)19-3-2-4-21(19)32(25)26/h5-12,22H,2-4,13-14H2,1H3,(H,28,29,35). The number of aromatic amines is 1. The van der Waals surface area contributed by atoms with Gasteiger partial charge in [0.1, 0.15) is 5.75 Å². The molecule has 4 aromatic rings. The topological polar surface area (TPSA) is 105 Å². The molecule has 0 radical (unpaired) electrons. The number of H-pyrrole nitrogens is 1. The van der Waals surface area contributed by atoms with E-state index in [0.29, 0.717) is 17.4 Å². The Hall–Kier alpha value is -3.44. The molecule has 0 spiro atoms. The molecule has 11 heteroatoms. The van der Waals surface area contributed by atoms with Crippen molar-refractivity contribution in [2.24, 2.45) is 5.10 Å². The van der Waals surface area contributed by atoms with E-state index in [9.17, 15) is 9.59 Å². The first-order valence-electron chi connectivity index (χ1n) is 11.9. The number of amides is 1. The Bertz CT molecular complexity index is 1580. The monoisotopic (exact) mass is 578 g/mol. The number of aromatic nitrogens is 4. The molecule has 2 aromatic heterocycles. The number of carbonyl (C=O) groups is 1. The van der Waals surface area contributed by atoms with Crippen LogP contribution in [-0.4, -0.2) is 49.1 Å². The predicted octanol–water partition coefficient (Wildman–Crippen LogP) is 4.15. The summed E-state index contributed by atoms with van der Waals surface area (Å²) >= 11 is 4.78. The number of nitrogens with zero attached hydrogens (tertiary/aromatic N) is 5. The van der Waals surface area contributed by atoms with E-state index >= 15 is 0 Å². The highest BCUT2D eigenvalue weighted by Crippen LogP contribution is 2.35. The molecule has 6 rings (SSSR count). The van der Waals surface area contributed by atoms with Crippen molar-refractivity contribution in [3.63, 3.8) is 0 Å². The van der Waals surface area contributed by atoms with E-state index in [0.717, 1.165) is 57.6 Å². The minimum atomic E-state index is -0.228. The molecular formula is C26H23BrN6O3S. The number of halogens is 1. The fraction of sp³-hybridized carbons (Fsp3) is 0.269. The van der Waals surface area contributed by atoms with Gasteiger partial charge in [0.2, 0.25) is 5.78 Å². The maximum atomic E-state index is 13.6. The first-order chi connectivity index (χ1) is 18.0. The molecule has 2 aromatic carbocycles. The normalized spacial score (nSPS) is 16.8. The molecule has 1 atom stereocenters. The number of rotatable bonds is 6. The first-order valence-corrected chi connectivity index (χ1v) is 13.7. The van der Waals surface area contributed by atoms with Gasteiger partial charge in [-0.2, -0.15) is 5.10 Å². The quantitative estimate of drug-likeness (QED) is 0.345. The lowest BCUT2D eigenvalue weighted by Crippen LogP contribution is -2.28. The number of hydrogen-bond acceptors (Lipinski definition) is 7. The van der Waals surface area contributed by atoms with Gasteiger partial charge in [-0.15, -0.1) is 10.2 Å². The number of hydrogen-bond donors (Lipinski definition) is 1. The van der Waals surface area contributed by atoms with Crippen LogP contribution < -0.4 is 10.3 Å². The largest absolute Gasteiger partial charge is 0.497 e. The van der Waals surface area contributed by atoms with E-state index in [1.807, 2.05) is 52.9 Å². The van der Waals surface area contributed by atoms with Gasteiger partial charge in [-0.3, -0.25) is 19.0 Å². The molecule has 3 heterocycles. The highest BCUT2D eigenvalue weighted by Gasteiger charge is 2.33. The molecule has 0 fully saturated rings. The molecule has 1 amide bonds. The van der Waals surface area contributed by atoms with Gasteiger partial charge in [-0.25, -0.2) is 5.01 Å². The molecule has 9 nitrogen and oxygen atoms in total. The van der Waals surface area contributed by atoms with Crippen molar-refractivity contribution in [1.29, 1.82) is 0 Å². The lowest BCUT2D eigenvalue weighted by Gasteiger charge is -2.22. The van der Waals surface area contributed by atoms with Crippen molar-refractivity contribution in [3.8, 4) is 5.75 Å². The Balaban J connectivity index is 1.28. The molecule has 37 heavy (non-hydrogen) atoms. The second-order valence-electron chi connectivity index (χ2n) is 8.95. The smallest absolute Gasteiger partial charge is 0.255 e. The maximum absolute atomic E-state index is 13.6. The third kappa shape index (κ3) is 4.46. The van der Waals surface area contributed by atoms with Crippen LogP contribution in [0.5, 0.6) is 5.75 Å². The van der Waals surface area contributed by atoms with Gasteiger partial charge in [0, 0.05) is 22.2 Å².